The summed E-state index contributed by atoms with van der Waals surface area (Å²) in [5.41, 5.74) is 0. The Bertz CT molecular complexity index is 313. The number of nitrogens with one attached hydrogen (secondary N) is 1. The molecule has 5 nitrogen and oxygen atoms in total. The maximum Gasteiger partial charge on any atom is 0.307 e. The van der Waals surface area contributed by atoms with E-state index < -0.39 is 11.9 Å². The SMILES string of the molecule is CC1CC(C(=O)O)C(C(=O)N2CCNCC2)C1. The third-order valence-corrected chi connectivity index (χ3v) is 3.86. The molecular weight excluding hydrogens is 220 g/mol. The van der Waals surface area contributed by atoms with Crippen LogP contribution in [-0.2, 0) is 9.59 Å². The molecule has 2 fully saturated rings. The molecule has 3 unspecified atom stereocenters. The molecule has 1 aliphatic carbocycles. The molecule has 1 amide bonds. The molecule has 2 rings (SSSR count). The topological polar surface area (TPSA) is 69.6 Å². The van der Waals surface area contributed by atoms with Gasteiger partial charge in [0, 0.05) is 26.2 Å². The normalized spacial score (nSPS) is 33.7. The van der Waals surface area contributed by atoms with E-state index in [-0.39, 0.29) is 11.8 Å². The lowest BCUT2D eigenvalue weighted by Gasteiger charge is -2.30. The smallest absolute Gasteiger partial charge is 0.307 e. The summed E-state index contributed by atoms with van der Waals surface area (Å²) in [5.74, 6) is -1.22. The molecule has 5 heteroatoms. The summed E-state index contributed by atoms with van der Waals surface area (Å²) in [6.45, 7) is 5.06. The van der Waals surface area contributed by atoms with Gasteiger partial charge in [-0.25, -0.2) is 0 Å². The highest BCUT2D eigenvalue weighted by molar-refractivity contribution is 5.85. The summed E-state index contributed by atoms with van der Waals surface area (Å²) in [4.78, 5) is 25.3. The molecule has 2 aliphatic rings. The minimum Gasteiger partial charge on any atom is -0.481 e. The number of aliphatic carboxylic acids is 1. The monoisotopic (exact) mass is 240 g/mol. The van der Waals surface area contributed by atoms with E-state index in [0.29, 0.717) is 25.4 Å². The maximum absolute atomic E-state index is 12.3. The van der Waals surface area contributed by atoms with Crippen molar-refractivity contribution in [3.05, 3.63) is 0 Å². The number of carbonyl (C=O) groups excluding carboxylic acids is 1. The van der Waals surface area contributed by atoms with Gasteiger partial charge in [-0.1, -0.05) is 6.92 Å². The third kappa shape index (κ3) is 2.60. The number of amides is 1. The Kier molecular flexibility index (Phi) is 3.66. The van der Waals surface area contributed by atoms with Crippen LogP contribution in [0.1, 0.15) is 19.8 Å². The van der Waals surface area contributed by atoms with Crippen molar-refractivity contribution in [3.63, 3.8) is 0 Å². The first kappa shape index (κ1) is 12.4. The predicted molar refractivity (Wildman–Crippen MR) is 62.5 cm³/mol. The molecule has 1 saturated carbocycles. The summed E-state index contributed by atoms with van der Waals surface area (Å²) in [6, 6.07) is 0. The molecule has 0 aromatic rings. The fraction of sp³-hybridized carbons (Fsp3) is 0.833. The van der Waals surface area contributed by atoms with E-state index in [1.807, 2.05) is 11.8 Å². The molecule has 1 saturated heterocycles. The number of piperazine rings is 1. The number of hydrogen-bond acceptors (Lipinski definition) is 3. The van der Waals surface area contributed by atoms with Gasteiger partial charge in [-0.2, -0.15) is 0 Å². The summed E-state index contributed by atoms with van der Waals surface area (Å²) in [5, 5.41) is 12.4. The summed E-state index contributed by atoms with van der Waals surface area (Å²) in [7, 11) is 0. The standard InChI is InChI=1S/C12H20N2O3/c1-8-6-9(10(7-8)12(16)17)11(15)14-4-2-13-3-5-14/h8-10,13H,2-7H2,1H3,(H,16,17). The van der Waals surface area contributed by atoms with Crippen LogP contribution < -0.4 is 5.32 Å². The quantitative estimate of drug-likeness (QED) is 0.721. The highest BCUT2D eigenvalue weighted by Crippen LogP contribution is 2.37. The highest BCUT2D eigenvalue weighted by atomic mass is 16.4. The van der Waals surface area contributed by atoms with Crippen LogP contribution in [0.3, 0.4) is 0 Å². The second-order valence-corrected chi connectivity index (χ2v) is 5.20. The Morgan fingerprint density at radius 1 is 1.18 bits per heavy atom. The van der Waals surface area contributed by atoms with Gasteiger partial charge < -0.3 is 15.3 Å². The molecular formula is C12H20N2O3. The molecule has 1 aliphatic heterocycles. The second-order valence-electron chi connectivity index (χ2n) is 5.20. The predicted octanol–water partition coefficient (Wildman–Crippen LogP) is 0.165. The summed E-state index contributed by atoms with van der Waals surface area (Å²) in [6.07, 6.45) is 1.36. The lowest BCUT2D eigenvalue weighted by atomic mass is 9.94. The van der Waals surface area contributed by atoms with Gasteiger partial charge >= 0.3 is 5.97 Å². The fourth-order valence-electron chi connectivity index (χ4n) is 2.96. The van der Waals surface area contributed by atoms with Crippen molar-refractivity contribution >= 4 is 11.9 Å². The van der Waals surface area contributed by atoms with Gasteiger partial charge in [0.25, 0.3) is 0 Å². The van der Waals surface area contributed by atoms with E-state index in [1.54, 1.807) is 0 Å². The van der Waals surface area contributed by atoms with Crippen molar-refractivity contribution in [3.8, 4) is 0 Å². The number of carboxylic acids is 1. The van der Waals surface area contributed by atoms with Crippen molar-refractivity contribution in [2.45, 2.75) is 19.8 Å². The van der Waals surface area contributed by atoms with E-state index in [1.165, 1.54) is 0 Å². The Labute approximate surface area is 101 Å². The second kappa shape index (κ2) is 5.04. The lowest BCUT2D eigenvalue weighted by molar-refractivity contribution is -0.149. The number of nitrogens with zero attached hydrogens (tertiary/aromatic N) is 1. The number of hydrogen-bond donors (Lipinski definition) is 2. The molecule has 3 atom stereocenters. The first-order chi connectivity index (χ1) is 8.09. The van der Waals surface area contributed by atoms with Crippen molar-refractivity contribution in [1.29, 1.82) is 0 Å². The average molecular weight is 240 g/mol. The van der Waals surface area contributed by atoms with Crippen molar-refractivity contribution < 1.29 is 14.7 Å². The van der Waals surface area contributed by atoms with Gasteiger partial charge in [0.1, 0.15) is 0 Å². The van der Waals surface area contributed by atoms with E-state index in [4.69, 9.17) is 5.11 Å². The zero-order chi connectivity index (χ0) is 12.4. The molecule has 2 N–H and O–H groups in total. The zero-order valence-corrected chi connectivity index (χ0v) is 10.2. The molecule has 0 aromatic heterocycles. The highest BCUT2D eigenvalue weighted by Gasteiger charge is 2.42. The van der Waals surface area contributed by atoms with E-state index >= 15 is 0 Å². The molecule has 0 radical (unpaired) electrons. The van der Waals surface area contributed by atoms with Crippen LogP contribution in [-0.4, -0.2) is 48.1 Å². The Balaban J connectivity index is 2.04. The number of carboxylic acid groups (broad SMARTS) is 1. The van der Waals surface area contributed by atoms with Gasteiger partial charge in [0.05, 0.1) is 11.8 Å². The van der Waals surface area contributed by atoms with Crippen LogP contribution in [0.25, 0.3) is 0 Å². The minimum atomic E-state index is -0.817. The largest absolute Gasteiger partial charge is 0.481 e. The number of rotatable bonds is 2. The third-order valence-electron chi connectivity index (χ3n) is 3.86. The molecule has 1 heterocycles. The van der Waals surface area contributed by atoms with Gasteiger partial charge in [0.2, 0.25) is 5.91 Å². The van der Waals surface area contributed by atoms with E-state index in [0.717, 1.165) is 19.5 Å². The maximum atomic E-state index is 12.3. The van der Waals surface area contributed by atoms with Crippen LogP contribution in [0.2, 0.25) is 0 Å². The summed E-state index contributed by atoms with van der Waals surface area (Å²) < 4.78 is 0. The first-order valence-electron chi connectivity index (χ1n) is 6.32. The van der Waals surface area contributed by atoms with Crippen molar-refractivity contribution in [1.82, 2.24) is 10.2 Å². The van der Waals surface area contributed by atoms with Gasteiger partial charge in [-0.3, -0.25) is 9.59 Å². The van der Waals surface area contributed by atoms with Gasteiger partial charge in [0.15, 0.2) is 0 Å². The number of carbonyl (C=O) groups is 2. The van der Waals surface area contributed by atoms with Gasteiger partial charge in [-0.15, -0.1) is 0 Å². The molecule has 17 heavy (non-hydrogen) atoms. The lowest BCUT2D eigenvalue weighted by Crippen LogP contribution is -2.49. The van der Waals surface area contributed by atoms with E-state index in [2.05, 4.69) is 5.32 Å². The Morgan fingerprint density at radius 2 is 1.76 bits per heavy atom. The zero-order valence-electron chi connectivity index (χ0n) is 10.2. The van der Waals surface area contributed by atoms with Crippen molar-refractivity contribution in [2.75, 3.05) is 26.2 Å². The van der Waals surface area contributed by atoms with Crippen LogP contribution >= 0.6 is 0 Å². The van der Waals surface area contributed by atoms with Crippen LogP contribution in [0, 0.1) is 17.8 Å². The van der Waals surface area contributed by atoms with Gasteiger partial charge in [-0.05, 0) is 18.8 Å². The van der Waals surface area contributed by atoms with Crippen LogP contribution in [0.5, 0.6) is 0 Å². The molecule has 0 bridgehead atoms. The summed E-state index contributed by atoms with van der Waals surface area (Å²) >= 11 is 0. The van der Waals surface area contributed by atoms with Crippen LogP contribution in [0.4, 0.5) is 0 Å². The molecule has 0 aromatic carbocycles. The first-order valence-corrected chi connectivity index (χ1v) is 6.32. The van der Waals surface area contributed by atoms with Crippen molar-refractivity contribution in [2.24, 2.45) is 17.8 Å². The Hall–Kier alpha value is -1.10. The molecule has 96 valence electrons. The average Bonchev–Trinajstić information content (AvgIpc) is 2.72. The Morgan fingerprint density at radius 3 is 2.35 bits per heavy atom. The minimum absolute atomic E-state index is 0.0447. The molecule has 0 spiro atoms. The van der Waals surface area contributed by atoms with Crippen LogP contribution in [0.15, 0.2) is 0 Å². The fourth-order valence-corrected chi connectivity index (χ4v) is 2.96. The van der Waals surface area contributed by atoms with E-state index in [9.17, 15) is 9.59 Å².